The first-order valence-corrected chi connectivity index (χ1v) is 8.07. The average Bonchev–Trinajstić information content (AvgIpc) is 3.23. The summed E-state index contributed by atoms with van der Waals surface area (Å²) in [6.07, 6.45) is 9.17. The van der Waals surface area contributed by atoms with Crippen LogP contribution in [0.15, 0.2) is 24.5 Å². The lowest BCUT2D eigenvalue weighted by Crippen LogP contribution is -2.22. The summed E-state index contributed by atoms with van der Waals surface area (Å²) >= 11 is 0. The van der Waals surface area contributed by atoms with Crippen LogP contribution in [0, 0.1) is 0 Å². The van der Waals surface area contributed by atoms with Crippen LogP contribution in [0.25, 0.3) is 0 Å². The molecule has 0 amide bonds. The quantitative estimate of drug-likeness (QED) is 0.888. The standard InChI is InChI=1S/C16H25N5/c1-3-20-11-9-16(19-20)13(2)17-12-15-8-10-18-21(15)14-6-4-5-7-14/h8-11,13-14,17H,3-7,12H2,1-2H3. The highest BCUT2D eigenvalue weighted by Crippen LogP contribution is 2.29. The molecule has 0 radical (unpaired) electrons. The molecule has 1 unspecified atom stereocenters. The van der Waals surface area contributed by atoms with Crippen molar-refractivity contribution in [1.82, 2.24) is 24.9 Å². The zero-order valence-electron chi connectivity index (χ0n) is 13.0. The number of aromatic nitrogens is 4. The molecular weight excluding hydrogens is 262 g/mol. The van der Waals surface area contributed by atoms with Gasteiger partial charge in [0.15, 0.2) is 0 Å². The van der Waals surface area contributed by atoms with Gasteiger partial charge in [0.2, 0.25) is 0 Å². The van der Waals surface area contributed by atoms with Crippen LogP contribution in [0.1, 0.15) is 63.0 Å². The Bertz CT molecular complexity index is 565. The van der Waals surface area contributed by atoms with Gasteiger partial charge in [-0.2, -0.15) is 10.2 Å². The molecule has 1 N–H and O–H groups in total. The fourth-order valence-electron chi connectivity index (χ4n) is 3.11. The normalized spacial score (nSPS) is 17.4. The lowest BCUT2D eigenvalue weighted by Gasteiger charge is -2.16. The van der Waals surface area contributed by atoms with Crippen molar-refractivity contribution in [2.75, 3.05) is 0 Å². The highest BCUT2D eigenvalue weighted by atomic mass is 15.3. The second-order valence-corrected chi connectivity index (χ2v) is 5.90. The van der Waals surface area contributed by atoms with Crippen molar-refractivity contribution in [2.45, 2.75) is 64.7 Å². The van der Waals surface area contributed by atoms with Gasteiger partial charge in [0.25, 0.3) is 0 Å². The van der Waals surface area contributed by atoms with Gasteiger partial charge in [-0.1, -0.05) is 12.8 Å². The van der Waals surface area contributed by atoms with E-state index in [1.807, 2.05) is 17.1 Å². The van der Waals surface area contributed by atoms with Gasteiger partial charge in [-0.25, -0.2) is 0 Å². The van der Waals surface area contributed by atoms with E-state index in [1.165, 1.54) is 31.4 Å². The van der Waals surface area contributed by atoms with Crippen LogP contribution in [0.5, 0.6) is 0 Å². The lowest BCUT2D eigenvalue weighted by molar-refractivity contribution is 0.433. The molecule has 2 aromatic rings. The van der Waals surface area contributed by atoms with E-state index in [1.54, 1.807) is 0 Å². The van der Waals surface area contributed by atoms with Crippen LogP contribution in [0.3, 0.4) is 0 Å². The molecule has 2 heterocycles. The predicted molar refractivity (Wildman–Crippen MR) is 82.9 cm³/mol. The smallest absolute Gasteiger partial charge is 0.0791 e. The van der Waals surface area contributed by atoms with Crippen LogP contribution in [0.2, 0.25) is 0 Å². The predicted octanol–water partition coefficient (Wildman–Crippen LogP) is 3.07. The first-order chi connectivity index (χ1) is 10.3. The molecule has 3 rings (SSSR count). The largest absolute Gasteiger partial charge is 0.303 e. The molecule has 1 aliphatic rings. The first kappa shape index (κ1) is 14.3. The van der Waals surface area contributed by atoms with Gasteiger partial charge in [0, 0.05) is 31.5 Å². The van der Waals surface area contributed by atoms with E-state index in [9.17, 15) is 0 Å². The van der Waals surface area contributed by atoms with Crippen molar-refractivity contribution in [3.05, 3.63) is 35.9 Å². The van der Waals surface area contributed by atoms with Crippen LogP contribution < -0.4 is 5.32 Å². The molecule has 2 aromatic heterocycles. The molecule has 5 nitrogen and oxygen atoms in total. The third kappa shape index (κ3) is 3.18. The Morgan fingerprint density at radius 3 is 2.86 bits per heavy atom. The van der Waals surface area contributed by atoms with Gasteiger partial charge in [0.05, 0.1) is 17.4 Å². The Hall–Kier alpha value is -1.62. The molecule has 0 spiro atoms. The molecule has 0 bridgehead atoms. The molecule has 0 aliphatic heterocycles. The summed E-state index contributed by atoms with van der Waals surface area (Å²) in [5.74, 6) is 0. The molecule has 1 atom stereocenters. The summed E-state index contributed by atoms with van der Waals surface area (Å²) in [4.78, 5) is 0. The minimum Gasteiger partial charge on any atom is -0.303 e. The molecule has 114 valence electrons. The molecule has 0 saturated heterocycles. The maximum Gasteiger partial charge on any atom is 0.0791 e. The van der Waals surface area contributed by atoms with E-state index >= 15 is 0 Å². The van der Waals surface area contributed by atoms with Gasteiger partial charge < -0.3 is 5.32 Å². The monoisotopic (exact) mass is 287 g/mol. The maximum absolute atomic E-state index is 4.56. The Balaban J connectivity index is 1.61. The minimum absolute atomic E-state index is 0.254. The summed E-state index contributed by atoms with van der Waals surface area (Å²) in [6.45, 7) is 6.03. The molecule has 0 aromatic carbocycles. The summed E-state index contributed by atoms with van der Waals surface area (Å²) in [7, 11) is 0. The SMILES string of the molecule is CCn1ccc(C(C)NCc2ccnn2C2CCCC2)n1. The second kappa shape index (κ2) is 6.43. The van der Waals surface area contributed by atoms with Crippen molar-refractivity contribution in [1.29, 1.82) is 0 Å². The van der Waals surface area contributed by atoms with Crippen LogP contribution in [0.4, 0.5) is 0 Å². The molecule has 1 saturated carbocycles. The fourth-order valence-corrected chi connectivity index (χ4v) is 3.11. The Morgan fingerprint density at radius 1 is 1.33 bits per heavy atom. The van der Waals surface area contributed by atoms with E-state index in [4.69, 9.17) is 0 Å². The molecule has 21 heavy (non-hydrogen) atoms. The number of rotatable bonds is 6. The molecular formula is C16H25N5. The van der Waals surface area contributed by atoms with E-state index < -0.39 is 0 Å². The van der Waals surface area contributed by atoms with E-state index in [2.05, 4.69) is 46.2 Å². The van der Waals surface area contributed by atoms with Crippen molar-refractivity contribution >= 4 is 0 Å². The highest BCUT2D eigenvalue weighted by molar-refractivity contribution is 5.07. The summed E-state index contributed by atoms with van der Waals surface area (Å²) in [6, 6.07) is 5.08. The Labute approximate surface area is 126 Å². The summed E-state index contributed by atoms with van der Waals surface area (Å²) < 4.78 is 4.19. The molecule has 5 heteroatoms. The second-order valence-electron chi connectivity index (χ2n) is 5.90. The zero-order valence-corrected chi connectivity index (χ0v) is 13.0. The first-order valence-electron chi connectivity index (χ1n) is 8.07. The average molecular weight is 287 g/mol. The van der Waals surface area contributed by atoms with Crippen molar-refractivity contribution in [3.63, 3.8) is 0 Å². The summed E-state index contributed by atoms with van der Waals surface area (Å²) in [5.41, 5.74) is 2.38. The molecule has 1 aliphatic carbocycles. The van der Waals surface area contributed by atoms with Gasteiger partial charge in [-0.05, 0) is 38.8 Å². The Morgan fingerprint density at radius 2 is 2.14 bits per heavy atom. The number of hydrogen-bond acceptors (Lipinski definition) is 3. The summed E-state index contributed by atoms with van der Waals surface area (Å²) in [5, 5.41) is 12.6. The third-order valence-corrected chi connectivity index (χ3v) is 4.44. The van der Waals surface area contributed by atoms with Gasteiger partial charge in [0.1, 0.15) is 0 Å². The number of nitrogens with zero attached hydrogens (tertiary/aromatic N) is 4. The minimum atomic E-state index is 0.254. The van der Waals surface area contributed by atoms with Crippen LogP contribution in [-0.2, 0) is 13.1 Å². The Kier molecular flexibility index (Phi) is 4.39. The molecule has 1 fully saturated rings. The third-order valence-electron chi connectivity index (χ3n) is 4.44. The van der Waals surface area contributed by atoms with Crippen LogP contribution in [-0.4, -0.2) is 19.6 Å². The van der Waals surface area contributed by atoms with Crippen molar-refractivity contribution in [3.8, 4) is 0 Å². The van der Waals surface area contributed by atoms with Gasteiger partial charge >= 0.3 is 0 Å². The topological polar surface area (TPSA) is 47.7 Å². The van der Waals surface area contributed by atoms with Gasteiger partial charge in [-0.15, -0.1) is 0 Å². The number of nitrogens with one attached hydrogen (secondary N) is 1. The van der Waals surface area contributed by atoms with Gasteiger partial charge in [-0.3, -0.25) is 9.36 Å². The van der Waals surface area contributed by atoms with Crippen molar-refractivity contribution < 1.29 is 0 Å². The number of hydrogen-bond donors (Lipinski definition) is 1. The lowest BCUT2D eigenvalue weighted by atomic mass is 10.2. The maximum atomic E-state index is 4.56. The van der Waals surface area contributed by atoms with E-state index in [-0.39, 0.29) is 6.04 Å². The number of aryl methyl sites for hydroxylation is 1. The van der Waals surface area contributed by atoms with E-state index in [0.29, 0.717) is 6.04 Å². The van der Waals surface area contributed by atoms with Crippen molar-refractivity contribution in [2.24, 2.45) is 0 Å². The highest BCUT2D eigenvalue weighted by Gasteiger charge is 2.19. The van der Waals surface area contributed by atoms with Crippen LogP contribution >= 0.6 is 0 Å². The fraction of sp³-hybridized carbons (Fsp3) is 0.625. The zero-order chi connectivity index (χ0) is 14.7. The van der Waals surface area contributed by atoms with E-state index in [0.717, 1.165) is 18.8 Å².